The number of carbonyl (C=O) groups is 2. The van der Waals surface area contributed by atoms with Gasteiger partial charge < -0.3 is 9.47 Å². The Balaban J connectivity index is 2.02. The third kappa shape index (κ3) is 2.13. The van der Waals surface area contributed by atoms with Crippen molar-refractivity contribution >= 4 is 11.9 Å². The molecule has 0 spiro atoms. The largest absolute Gasteiger partial charge is 0.461 e. The van der Waals surface area contributed by atoms with Gasteiger partial charge in [-0.15, -0.1) is 0 Å². The molecule has 0 bridgehead atoms. The lowest BCUT2D eigenvalue weighted by Gasteiger charge is -2.27. The second-order valence-corrected chi connectivity index (χ2v) is 6.26. The summed E-state index contributed by atoms with van der Waals surface area (Å²) in [5, 5.41) is 0. The lowest BCUT2D eigenvalue weighted by atomic mass is 9.81. The molecule has 0 N–H and O–H groups in total. The predicted octanol–water partition coefficient (Wildman–Crippen LogP) is 2.56. The van der Waals surface area contributed by atoms with Crippen molar-refractivity contribution in [1.82, 2.24) is 0 Å². The van der Waals surface area contributed by atoms with Crippen molar-refractivity contribution in [3.63, 3.8) is 0 Å². The fourth-order valence-corrected chi connectivity index (χ4v) is 4.10. The van der Waals surface area contributed by atoms with Gasteiger partial charge in [-0.2, -0.15) is 0 Å². The molecule has 5 atom stereocenters. The average molecular weight is 288 g/mol. The summed E-state index contributed by atoms with van der Waals surface area (Å²) in [6, 6.07) is 0. The fraction of sp³-hybridized carbons (Fsp3) is 0.529. The number of rotatable bonds is 1. The SMILES string of the molecule is C=C1CC[C@H]2C(=C)C[C@H](OC(C)=O)[C@H]3C(=C)C(=O)O[C@@H]3[C@@H]12. The maximum atomic E-state index is 11.9. The van der Waals surface area contributed by atoms with Crippen LogP contribution in [0.2, 0.25) is 0 Å². The zero-order valence-electron chi connectivity index (χ0n) is 12.3. The third-order valence-corrected chi connectivity index (χ3v) is 5.00. The van der Waals surface area contributed by atoms with E-state index >= 15 is 0 Å². The number of hydrogen-bond donors (Lipinski definition) is 0. The first-order valence-electron chi connectivity index (χ1n) is 7.32. The molecular weight excluding hydrogens is 268 g/mol. The molecule has 21 heavy (non-hydrogen) atoms. The molecule has 1 saturated heterocycles. The minimum Gasteiger partial charge on any atom is -0.461 e. The Bertz CT molecular complexity index is 559. The summed E-state index contributed by atoms with van der Waals surface area (Å²) in [5.41, 5.74) is 2.56. The normalized spacial score (nSPS) is 38.6. The van der Waals surface area contributed by atoms with Crippen molar-refractivity contribution in [2.45, 2.75) is 38.4 Å². The van der Waals surface area contributed by atoms with Crippen LogP contribution in [-0.4, -0.2) is 24.1 Å². The van der Waals surface area contributed by atoms with Crippen LogP contribution in [0.4, 0.5) is 0 Å². The Morgan fingerprint density at radius 3 is 2.62 bits per heavy atom. The minimum atomic E-state index is -0.419. The molecule has 4 heteroatoms. The van der Waals surface area contributed by atoms with Gasteiger partial charge in [0.2, 0.25) is 0 Å². The summed E-state index contributed by atoms with van der Waals surface area (Å²) >= 11 is 0. The summed E-state index contributed by atoms with van der Waals surface area (Å²) in [5.74, 6) is -0.698. The molecule has 2 saturated carbocycles. The van der Waals surface area contributed by atoms with Crippen molar-refractivity contribution < 1.29 is 19.1 Å². The monoisotopic (exact) mass is 288 g/mol. The van der Waals surface area contributed by atoms with Crippen molar-refractivity contribution in [1.29, 1.82) is 0 Å². The lowest BCUT2D eigenvalue weighted by molar-refractivity contribution is -0.150. The molecule has 112 valence electrons. The van der Waals surface area contributed by atoms with Crippen LogP contribution in [0.3, 0.4) is 0 Å². The van der Waals surface area contributed by atoms with Crippen molar-refractivity contribution in [3.8, 4) is 0 Å². The maximum absolute atomic E-state index is 11.9. The standard InChI is InChI=1S/C17H20O4/c1-8-5-6-12-9(2)7-13(20-11(4)18)15-10(3)17(19)21-16(15)14(8)12/h12-16H,1-3,5-7H2,4H3/t12-,13-,14-,15+,16+/m0/s1. The maximum Gasteiger partial charge on any atom is 0.334 e. The molecule has 1 heterocycles. The highest BCUT2D eigenvalue weighted by molar-refractivity contribution is 5.91. The van der Waals surface area contributed by atoms with Gasteiger partial charge in [-0.1, -0.05) is 30.9 Å². The molecule has 0 aromatic carbocycles. The number of ether oxygens (including phenoxy) is 2. The van der Waals surface area contributed by atoms with Crippen LogP contribution in [0.25, 0.3) is 0 Å². The Labute approximate surface area is 124 Å². The van der Waals surface area contributed by atoms with Crippen LogP contribution in [0.15, 0.2) is 36.5 Å². The van der Waals surface area contributed by atoms with Crippen molar-refractivity contribution in [3.05, 3.63) is 36.5 Å². The second-order valence-electron chi connectivity index (χ2n) is 6.26. The Hall–Kier alpha value is -1.84. The average Bonchev–Trinajstić information content (AvgIpc) is 2.86. The molecule has 0 aromatic heterocycles. The van der Waals surface area contributed by atoms with Crippen LogP contribution in [0.5, 0.6) is 0 Å². The molecule has 0 aromatic rings. The Morgan fingerprint density at radius 1 is 1.24 bits per heavy atom. The van der Waals surface area contributed by atoms with Crippen LogP contribution >= 0.6 is 0 Å². The minimum absolute atomic E-state index is 0.0752. The van der Waals surface area contributed by atoms with Gasteiger partial charge in [0, 0.05) is 24.8 Å². The fourth-order valence-electron chi connectivity index (χ4n) is 4.10. The van der Waals surface area contributed by atoms with E-state index in [0.29, 0.717) is 12.0 Å². The quantitative estimate of drug-likeness (QED) is 0.423. The zero-order valence-corrected chi connectivity index (χ0v) is 12.3. The first kappa shape index (κ1) is 14.1. The van der Waals surface area contributed by atoms with E-state index in [0.717, 1.165) is 24.0 Å². The van der Waals surface area contributed by atoms with E-state index in [-0.39, 0.29) is 35.8 Å². The highest BCUT2D eigenvalue weighted by Crippen LogP contribution is 2.52. The van der Waals surface area contributed by atoms with Crippen LogP contribution in [-0.2, 0) is 19.1 Å². The summed E-state index contributed by atoms with van der Waals surface area (Å²) in [7, 11) is 0. The molecule has 1 aliphatic heterocycles. The van der Waals surface area contributed by atoms with Gasteiger partial charge in [0.05, 0.1) is 5.92 Å². The zero-order chi connectivity index (χ0) is 15.3. The first-order chi connectivity index (χ1) is 9.90. The summed E-state index contributed by atoms with van der Waals surface area (Å²) < 4.78 is 11.0. The van der Waals surface area contributed by atoms with Crippen LogP contribution in [0, 0.1) is 17.8 Å². The predicted molar refractivity (Wildman–Crippen MR) is 77.2 cm³/mol. The van der Waals surface area contributed by atoms with E-state index < -0.39 is 6.10 Å². The van der Waals surface area contributed by atoms with Gasteiger partial charge in [-0.3, -0.25) is 4.79 Å². The molecule has 0 radical (unpaired) electrons. The number of carbonyl (C=O) groups excluding carboxylic acids is 2. The molecule has 0 amide bonds. The second kappa shape index (κ2) is 4.86. The van der Waals surface area contributed by atoms with E-state index in [1.165, 1.54) is 6.92 Å². The molecular formula is C17H20O4. The first-order valence-corrected chi connectivity index (χ1v) is 7.32. The van der Waals surface area contributed by atoms with Gasteiger partial charge in [0.1, 0.15) is 12.2 Å². The van der Waals surface area contributed by atoms with Gasteiger partial charge in [-0.05, 0) is 18.8 Å². The molecule has 4 nitrogen and oxygen atoms in total. The van der Waals surface area contributed by atoms with Crippen LogP contribution in [0.1, 0.15) is 26.2 Å². The molecule has 3 aliphatic rings. The van der Waals surface area contributed by atoms with Gasteiger partial charge in [-0.25, -0.2) is 4.79 Å². The number of fused-ring (bicyclic) bond motifs is 3. The van der Waals surface area contributed by atoms with Crippen molar-refractivity contribution in [2.24, 2.45) is 17.8 Å². The number of esters is 2. The van der Waals surface area contributed by atoms with E-state index in [9.17, 15) is 9.59 Å². The highest BCUT2D eigenvalue weighted by atomic mass is 16.6. The molecule has 2 aliphatic carbocycles. The Morgan fingerprint density at radius 2 is 1.95 bits per heavy atom. The number of hydrogen-bond acceptors (Lipinski definition) is 4. The summed E-state index contributed by atoms with van der Waals surface area (Å²) in [4.78, 5) is 23.3. The highest BCUT2D eigenvalue weighted by Gasteiger charge is 2.54. The Kier molecular flexibility index (Phi) is 3.27. The lowest BCUT2D eigenvalue weighted by Crippen LogP contribution is -2.35. The smallest absolute Gasteiger partial charge is 0.334 e. The van der Waals surface area contributed by atoms with E-state index in [2.05, 4.69) is 19.7 Å². The topological polar surface area (TPSA) is 52.6 Å². The van der Waals surface area contributed by atoms with Gasteiger partial charge in [0.25, 0.3) is 0 Å². The van der Waals surface area contributed by atoms with Crippen molar-refractivity contribution in [2.75, 3.05) is 0 Å². The van der Waals surface area contributed by atoms with Gasteiger partial charge in [0.15, 0.2) is 0 Å². The van der Waals surface area contributed by atoms with E-state index in [1.807, 2.05) is 0 Å². The third-order valence-electron chi connectivity index (χ3n) is 5.00. The van der Waals surface area contributed by atoms with Crippen LogP contribution < -0.4 is 0 Å². The molecule has 3 fully saturated rings. The van der Waals surface area contributed by atoms with Gasteiger partial charge >= 0.3 is 11.9 Å². The molecule has 3 rings (SSSR count). The van der Waals surface area contributed by atoms with E-state index in [4.69, 9.17) is 9.47 Å². The van der Waals surface area contributed by atoms with E-state index in [1.54, 1.807) is 0 Å². The summed E-state index contributed by atoms with van der Waals surface area (Å²) in [6.07, 6.45) is 1.72. The molecule has 0 unspecified atom stereocenters. The summed E-state index contributed by atoms with van der Waals surface area (Å²) in [6.45, 7) is 13.6.